The van der Waals surface area contributed by atoms with Crippen LogP contribution in [0.1, 0.15) is 0 Å². The molecule has 0 N–H and O–H groups in total. The van der Waals surface area contributed by atoms with Crippen LogP contribution in [0.25, 0.3) is 106 Å². The Morgan fingerprint density at radius 3 is 0.987 bits per heavy atom. The lowest BCUT2D eigenvalue weighted by molar-refractivity contribution is 1.18. The molecule has 16 rings (SSSR count). The molecule has 78 heavy (non-hydrogen) atoms. The molecule has 0 radical (unpaired) electrons. The molecule has 0 fully saturated rings. The van der Waals surface area contributed by atoms with Gasteiger partial charge in [-0.3, -0.25) is 0 Å². The molecule has 0 unspecified atom stereocenters. The molecule has 4 heterocycles. The molecule has 12 aromatic carbocycles. The Morgan fingerprint density at radius 1 is 0.244 bits per heavy atom. The van der Waals surface area contributed by atoms with E-state index in [0.717, 1.165) is 56.6 Å². The predicted molar refractivity (Wildman–Crippen MR) is 336 cm³/mol. The zero-order valence-electron chi connectivity index (χ0n) is 42.2. The van der Waals surface area contributed by atoms with Gasteiger partial charge in [0.25, 0.3) is 0 Å². The van der Waals surface area contributed by atoms with Crippen LogP contribution in [-0.4, -0.2) is 9.13 Å². The van der Waals surface area contributed by atoms with Crippen molar-refractivity contribution in [2.24, 2.45) is 0 Å². The maximum Gasteiger partial charge on any atom is 0.0562 e. The van der Waals surface area contributed by atoms with Crippen molar-refractivity contribution >= 4 is 141 Å². The summed E-state index contributed by atoms with van der Waals surface area (Å²) in [6, 6.07) is 102. The van der Waals surface area contributed by atoms with Gasteiger partial charge in [-0.15, -0.1) is 22.7 Å². The number of rotatable bonds is 9. The molecule has 0 amide bonds. The summed E-state index contributed by atoms with van der Waals surface area (Å²) >= 11 is 3.78. The Hall–Kier alpha value is -9.72. The maximum absolute atomic E-state index is 2.44. The maximum atomic E-state index is 2.44. The molecule has 4 nitrogen and oxygen atoms in total. The smallest absolute Gasteiger partial charge is 0.0562 e. The summed E-state index contributed by atoms with van der Waals surface area (Å²) in [5.41, 5.74) is 15.9. The minimum atomic E-state index is 1.09. The molecule has 16 aromatic rings. The van der Waals surface area contributed by atoms with Crippen molar-refractivity contribution in [3.8, 4) is 22.5 Å². The summed E-state index contributed by atoms with van der Waals surface area (Å²) < 4.78 is 10.2. The lowest BCUT2D eigenvalue weighted by atomic mass is 10.0. The van der Waals surface area contributed by atoms with Crippen molar-refractivity contribution in [2.75, 3.05) is 9.80 Å². The largest absolute Gasteiger partial charge is 0.310 e. The number of para-hydroxylation sites is 4. The summed E-state index contributed by atoms with van der Waals surface area (Å²) in [5, 5.41) is 10.3. The fourth-order valence-electron chi connectivity index (χ4n) is 12.2. The highest BCUT2D eigenvalue weighted by molar-refractivity contribution is 7.27. The second kappa shape index (κ2) is 18.0. The lowest BCUT2D eigenvalue weighted by Crippen LogP contribution is -2.10. The first kappa shape index (κ1) is 44.6. The number of nitrogens with zero attached hydrogens (tertiary/aromatic N) is 4. The number of fused-ring (bicyclic) bond motifs is 14. The monoisotopic (exact) mass is 1030 g/mol. The average molecular weight is 1030 g/mol. The molecule has 4 aromatic heterocycles. The fraction of sp³-hybridized carbons (Fsp3) is 0. The fourth-order valence-corrected chi connectivity index (χ4v) is 14.7. The van der Waals surface area contributed by atoms with Gasteiger partial charge in [0.2, 0.25) is 0 Å². The van der Waals surface area contributed by atoms with Crippen LogP contribution in [0.4, 0.5) is 34.1 Å². The predicted octanol–water partition coefficient (Wildman–Crippen LogP) is 21.2. The highest BCUT2D eigenvalue weighted by atomic mass is 32.1. The second-order valence-corrected chi connectivity index (χ2v) is 22.2. The van der Waals surface area contributed by atoms with Gasteiger partial charge in [-0.2, -0.15) is 0 Å². The van der Waals surface area contributed by atoms with Crippen LogP contribution < -0.4 is 9.80 Å². The van der Waals surface area contributed by atoms with Crippen LogP contribution in [0, 0.1) is 0 Å². The third-order valence-electron chi connectivity index (χ3n) is 15.7. The van der Waals surface area contributed by atoms with Crippen molar-refractivity contribution in [1.82, 2.24) is 9.13 Å². The van der Waals surface area contributed by atoms with Gasteiger partial charge in [-0.25, -0.2) is 0 Å². The average Bonchev–Trinajstić information content (AvgIpc) is 4.47. The quantitative estimate of drug-likeness (QED) is 0.143. The summed E-state index contributed by atoms with van der Waals surface area (Å²) in [6.07, 6.45) is 0. The van der Waals surface area contributed by atoms with Crippen LogP contribution >= 0.6 is 22.7 Å². The van der Waals surface area contributed by atoms with Crippen molar-refractivity contribution in [3.05, 3.63) is 279 Å². The molecule has 0 aliphatic heterocycles. The van der Waals surface area contributed by atoms with E-state index in [1.165, 1.54) is 84.0 Å². The number of hydrogen-bond acceptors (Lipinski definition) is 4. The summed E-state index contributed by atoms with van der Waals surface area (Å²) in [4.78, 5) is 4.76. The number of anilines is 6. The number of hydrogen-bond donors (Lipinski definition) is 0. The first-order valence-electron chi connectivity index (χ1n) is 26.5. The van der Waals surface area contributed by atoms with Gasteiger partial charge in [0.05, 0.1) is 22.1 Å². The zero-order chi connectivity index (χ0) is 51.3. The first-order chi connectivity index (χ1) is 38.7. The summed E-state index contributed by atoms with van der Waals surface area (Å²) in [7, 11) is 0. The van der Waals surface area contributed by atoms with Gasteiger partial charge >= 0.3 is 0 Å². The van der Waals surface area contributed by atoms with E-state index in [1.807, 2.05) is 22.7 Å². The van der Waals surface area contributed by atoms with E-state index in [4.69, 9.17) is 0 Å². The highest BCUT2D eigenvalue weighted by Crippen LogP contribution is 2.48. The van der Waals surface area contributed by atoms with Gasteiger partial charge in [0, 0.05) is 107 Å². The van der Waals surface area contributed by atoms with Crippen LogP contribution in [0.2, 0.25) is 0 Å². The normalized spacial score (nSPS) is 11.8. The van der Waals surface area contributed by atoms with E-state index in [-0.39, 0.29) is 0 Å². The molecule has 6 heteroatoms. The van der Waals surface area contributed by atoms with E-state index in [9.17, 15) is 0 Å². The van der Waals surface area contributed by atoms with E-state index < -0.39 is 0 Å². The van der Waals surface area contributed by atoms with Crippen LogP contribution in [0.5, 0.6) is 0 Å². The van der Waals surface area contributed by atoms with Gasteiger partial charge in [-0.05, 0) is 132 Å². The van der Waals surface area contributed by atoms with Gasteiger partial charge < -0.3 is 18.9 Å². The van der Waals surface area contributed by atoms with Crippen molar-refractivity contribution < 1.29 is 0 Å². The Balaban J connectivity index is 0.785. The minimum absolute atomic E-state index is 1.09. The third kappa shape index (κ3) is 7.04. The minimum Gasteiger partial charge on any atom is -0.310 e. The molecule has 0 saturated carbocycles. The standard InChI is InChI=1S/C72H46N4S2/c1-5-17-49(18-6-1)73(55-37-39-61-65(45-55)75(51-21-9-3-10-22-51)63-43-41-59-57-25-13-15-27-67(57)77-71(59)69(61)63)53-33-29-47(30-34-53)48-31-35-54(36-32-48)74(50-19-7-2-8-20-50)56-38-40-62-66(46-56)76(52-23-11-4-12-24-52)64-44-42-60-58-26-14-16-28-68(58)78-72(60)70(62)64/h1-46H. The third-order valence-corrected chi connectivity index (χ3v) is 18.1. The van der Waals surface area contributed by atoms with Crippen LogP contribution in [0.15, 0.2) is 279 Å². The van der Waals surface area contributed by atoms with E-state index in [2.05, 4.69) is 298 Å². The van der Waals surface area contributed by atoms with Crippen molar-refractivity contribution in [2.45, 2.75) is 0 Å². The summed E-state index contributed by atoms with van der Waals surface area (Å²) in [6.45, 7) is 0. The first-order valence-corrected chi connectivity index (χ1v) is 28.1. The van der Waals surface area contributed by atoms with Crippen LogP contribution in [-0.2, 0) is 0 Å². The van der Waals surface area contributed by atoms with Gasteiger partial charge in [0.1, 0.15) is 0 Å². The number of benzene rings is 12. The second-order valence-electron chi connectivity index (χ2n) is 20.0. The van der Waals surface area contributed by atoms with Gasteiger partial charge in [0.15, 0.2) is 0 Å². The topological polar surface area (TPSA) is 16.3 Å². The van der Waals surface area contributed by atoms with Crippen molar-refractivity contribution in [3.63, 3.8) is 0 Å². The molecule has 0 spiro atoms. The Bertz CT molecular complexity index is 4620. The molecular weight excluding hydrogens is 985 g/mol. The summed E-state index contributed by atoms with van der Waals surface area (Å²) in [5.74, 6) is 0. The zero-order valence-corrected chi connectivity index (χ0v) is 43.8. The van der Waals surface area contributed by atoms with Crippen LogP contribution in [0.3, 0.4) is 0 Å². The number of aromatic nitrogens is 2. The molecule has 0 saturated heterocycles. The Morgan fingerprint density at radius 2 is 0.577 bits per heavy atom. The molecule has 0 bridgehead atoms. The SMILES string of the molecule is c1ccc(N(c2ccc(-c3ccc(N(c4ccccc4)c4ccc5c6c7sc8ccccc8c7ccc6n(-c6ccccc6)c5c4)cc3)cc2)c2ccc3c4c5sc6ccccc6c5ccc4n(-c4ccccc4)c3c2)cc1. The molecule has 0 aliphatic rings. The molecular formula is C72H46N4S2. The van der Waals surface area contributed by atoms with E-state index >= 15 is 0 Å². The van der Waals surface area contributed by atoms with Crippen molar-refractivity contribution in [1.29, 1.82) is 0 Å². The molecule has 0 atom stereocenters. The molecule has 0 aliphatic carbocycles. The lowest BCUT2D eigenvalue weighted by Gasteiger charge is -2.26. The van der Waals surface area contributed by atoms with E-state index in [1.54, 1.807) is 0 Å². The Kier molecular flexibility index (Phi) is 10.3. The van der Waals surface area contributed by atoms with E-state index in [0.29, 0.717) is 0 Å². The molecule has 366 valence electrons. The number of thiophene rings is 2. The highest BCUT2D eigenvalue weighted by Gasteiger charge is 2.23. The Labute approximate surface area is 458 Å². The van der Waals surface area contributed by atoms with Gasteiger partial charge in [-0.1, -0.05) is 158 Å².